The largest absolute Gasteiger partial charge is 0.497 e. The monoisotopic (exact) mass is 324 g/mol. The first-order chi connectivity index (χ1) is 11.5. The van der Waals surface area contributed by atoms with Crippen molar-refractivity contribution in [3.05, 3.63) is 60.2 Å². The van der Waals surface area contributed by atoms with Gasteiger partial charge in [0.25, 0.3) is 5.91 Å². The van der Waals surface area contributed by atoms with Crippen molar-refractivity contribution in [3.8, 4) is 17.6 Å². The Morgan fingerprint density at radius 3 is 2.29 bits per heavy atom. The van der Waals surface area contributed by atoms with Crippen molar-refractivity contribution in [1.29, 1.82) is 5.26 Å². The molecule has 0 saturated heterocycles. The average molecular weight is 324 g/mol. The van der Waals surface area contributed by atoms with Gasteiger partial charge in [-0.2, -0.15) is 5.26 Å². The number of amides is 1. The highest BCUT2D eigenvalue weighted by Gasteiger charge is 2.31. The minimum Gasteiger partial charge on any atom is -0.497 e. The fourth-order valence-corrected chi connectivity index (χ4v) is 2.19. The van der Waals surface area contributed by atoms with Gasteiger partial charge in [0.05, 0.1) is 13.2 Å². The quantitative estimate of drug-likeness (QED) is 0.886. The van der Waals surface area contributed by atoms with E-state index in [1.165, 1.54) is 0 Å². The number of para-hydroxylation sites is 1. The first kappa shape index (κ1) is 17.4. The van der Waals surface area contributed by atoms with Crippen LogP contribution in [0.15, 0.2) is 54.6 Å². The Bertz CT molecular complexity index is 723. The van der Waals surface area contributed by atoms with E-state index in [2.05, 4.69) is 11.4 Å². The van der Waals surface area contributed by atoms with Crippen molar-refractivity contribution >= 4 is 5.91 Å². The van der Waals surface area contributed by atoms with Crippen molar-refractivity contribution < 1.29 is 14.3 Å². The minimum atomic E-state index is -1.16. The summed E-state index contributed by atoms with van der Waals surface area (Å²) in [6.45, 7) is 3.30. The molecule has 24 heavy (non-hydrogen) atoms. The number of rotatable bonds is 6. The summed E-state index contributed by atoms with van der Waals surface area (Å²) < 4.78 is 10.7. The molecule has 0 aromatic heterocycles. The predicted octanol–water partition coefficient (Wildman–Crippen LogP) is 3.02. The molecule has 0 bridgehead atoms. The molecule has 2 aromatic carbocycles. The summed E-state index contributed by atoms with van der Waals surface area (Å²) in [7, 11) is 1.57. The molecule has 0 aliphatic carbocycles. The maximum atomic E-state index is 12.4. The summed E-state index contributed by atoms with van der Waals surface area (Å²) >= 11 is 0. The van der Waals surface area contributed by atoms with Gasteiger partial charge in [-0.1, -0.05) is 30.3 Å². The molecular weight excluding hydrogens is 304 g/mol. The third kappa shape index (κ3) is 4.05. The summed E-state index contributed by atoms with van der Waals surface area (Å²) in [4.78, 5) is 12.4. The van der Waals surface area contributed by atoms with E-state index >= 15 is 0 Å². The fourth-order valence-electron chi connectivity index (χ4n) is 2.19. The van der Waals surface area contributed by atoms with Crippen LogP contribution in [0.25, 0.3) is 0 Å². The fraction of sp³-hybridized carbons (Fsp3) is 0.263. The Morgan fingerprint density at radius 1 is 1.12 bits per heavy atom. The van der Waals surface area contributed by atoms with Crippen LogP contribution in [0.3, 0.4) is 0 Å². The smallest absolute Gasteiger partial charge is 0.262 e. The van der Waals surface area contributed by atoms with E-state index in [9.17, 15) is 10.1 Å². The Morgan fingerprint density at radius 2 is 1.75 bits per heavy atom. The van der Waals surface area contributed by atoms with E-state index in [4.69, 9.17) is 9.47 Å². The lowest BCUT2D eigenvalue weighted by molar-refractivity contribution is -0.128. The van der Waals surface area contributed by atoms with Crippen molar-refractivity contribution in [1.82, 2.24) is 5.32 Å². The molecule has 2 aromatic rings. The lowest BCUT2D eigenvalue weighted by atomic mass is 9.93. The molecule has 0 spiro atoms. The van der Waals surface area contributed by atoms with Crippen LogP contribution in [-0.4, -0.2) is 19.1 Å². The second-order valence-electron chi connectivity index (χ2n) is 5.53. The molecule has 0 radical (unpaired) electrons. The van der Waals surface area contributed by atoms with Crippen LogP contribution in [0.1, 0.15) is 19.4 Å². The third-order valence-electron chi connectivity index (χ3n) is 3.69. The zero-order valence-corrected chi connectivity index (χ0v) is 13.9. The molecule has 0 saturated carbocycles. The van der Waals surface area contributed by atoms with Crippen LogP contribution in [-0.2, 0) is 10.3 Å². The van der Waals surface area contributed by atoms with Gasteiger partial charge in [0, 0.05) is 0 Å². The Balaban J connectivity index is 2.10. The Labute approximate surface area is 141 Å². The zero-order chi connectivity index (χ0) is 17.6. The lowest BCUT2D eigenvalue weighted by Gasteiger charge is -2.26. The molecule has 5 heteroatoms. The Hall–Kier alpha value is -3.00. The van der Waals surface area contributed by atoms with Crippen molar-refractivity contribution in [2.24, 2.45) is 0 Å². The first-order valence-corrected chi connectivity index (χ1v) is 7.58. The SMILES string of the molecule is COc1ccc(C(C)(C#N)NC(=O)C(C)Oc2ccccc2)cc1. The number of nitrogens with one attached hydrogen (secondary N) is 1. The number of nitrogens with zero attached hydrogens (tertiary/aromatic N) is 1. The number of carbonyl (C=O) groups excluding carboxylic acids is 1. The van der Waals surface area contributed by atoms with E-state index in [1.807, 2.05) is 18.2 Å². The van der Waals surface area contributed by atoms with Gasteiger partial charge in [-0.25, -0.2) is 0 Å². The van der Waals surface area contributed by atoms with Gasteiger partial charge in [0.1, 0.15) is 17.0 Å². The number of ether oxygens (including phenoxy) is 2. The van der Waals surface area contributed by atoms with Gasteiger partial charge in [-0.3, -0.25) is 4.79 Å². The van der Waals surface area contributed by atoms with Gasteiger partial charge in [0.15, 0.2) is 6.10 Å². The van der Waals surface area contributed by atoms with E-state index in [1.54, 1.807) is 57.4 Å². The van der Waals surface area contributed by atoms with E-state index < -0.39 is 11.6 Å². The molecule has 1 amide bonds. The second kappa shape index (κ2) is 7.51. The van der Waals surface area contributed by atoms with E-state index in [0.717, 1.165) is 0 Å². The molecule has 2 unspecified atom stereocenters. The van der Waals surface area contributed by atoms with Gasteiger partial charge in [0.2, 0.25) is 0 Å². The molecule has 2 atom stereocenters. The maximum Gasteiger partial charge on any atom is 0.262 e. The van der Waals surface area contributed by atoms with Crippen LogP contribution < -0.4 is 14.8 Å². The standard InChI is InChI=1S/C19H20N2O3/c1-14(24-17-7-5-4-6-8-17)18(22)21-19(2,13-20)15-9-11-16(23-3)12-10-15/h4-12,14H,1-3H3,(H,21,22). The van der Waals surface area contributed by atoms with Crippen LogP contribution in [0.2, 0.25) is 0 Å². The Kier molecular flexibility index (Phi) is 5.43. The second-order valence-corrected chi connectivity index (χ2v) is 5.53. The van der Waals surface area contributed by atoms with Gasteiger partial charge in [-0.15, -0.1) is 0 Å². The maximum absolute atomic E-state index is 12.4. The number of hydrogen-bond acceptors (Lipinski definition) is 4. The number of carbonyl (C=O) groups is 1. The number of nitriles is 1. The van der Waals surface area contributed by atoms with E-state index in [0.29, 0.717) is 17.1 Å². The molecule has 124 valence electrons. The molecule has 0 heterocycles. The van der Waals surface area contributed by atoms with Gasteiger partial charge < -0.3 is 14.8 Å². The molecule has 0 fully saturated rings. The van der Waals surface area contributed by atoms with Crippen LogP contribution >= 0.6 is 0 Å². The molecule has 1 N–H and O–H groups in total. The summed E-state index contributed by atoms with van der Waals surface area (Å²) in [5.74, 6) is 0.924. The third-order valence-corrected chi connectivity index (χ3v) is 3.69. The zero-order valence-electron chi connectivity index (χ0n) is 13.9. The average Bonchev–Trinajstić information content (AvgIpc) is 2.62. The summed E-state index contributed by atoms with van der Waals surface area (Å²) in [6, 6.07) is 18.2. The highest BCUT2D eigenvalue weighted by molar-refractivity contribution is 5.82. The number of benzene rings is 2. The highest BCUT2D eigenvalue weighted by atomic mass is 16.5. The molecular formula is C19H20N2O3. The van der Waals surface area contributed by atoms with Gasteiger partial charge in [-0.05, 0) is 43.7 Å². The van der Waals surface area contributed by atoms with Crippen LogP contribution in [0.4, 0.5) is 0 Å². The topological polar surface area (TPSA) is 71.3 Å². The summed E-state index contributed by atoms with van der Waals surface area (Å²) in [5.41, 5.74) is -0.483. The molecule has 5 nitrogen and oxygen atoms in total. The summed E-state index contributed by atoms with van der Waals surface area (Å²) in [5, 5.41) is 12.3. The van der Waals surface area contributed by atoms with Crippen LogP contribution in [0, 0.1) is 11.3 Å². The van der Waals surface area contributed by atoms with Gasteiger partial charge >= 0.3 is 0 Å². The normalized spacial score (nSPS) is 13.9. The molecule has 0 aliphatic heterocycles. The van der Waals surface area contributed by atoms with Crippen molar-refractivity contribution in [2.45, 2.75) is 25.5 Å². The van der Waals surface area contributed by atoms with Crippen molar-refractivity contribution in [3.63, 3.8) is 0 Å². The number of methoxy groups -OCH3 is 1. The predicted molar refractivity (Wildman–Crippen MR) is 90.6 cm³/mol. The highest BCUT2D eigenvalue weighted by Crippen LogP contribution is 2.23. The number of hydrogen-bond donors (Lipinski definition) is 1. The van der Waals surface area contributed by atoms with E-state index in [-0.39, 0.29) is 5.91 Å². The molecule has 2 rings (SSSR count). The first-order valence-electron chi connectivity index (χ1n) is 7.58. The molecule has 0 aliphatic rings. The van der Waals surface area contributed by atoms with Crippen molar-refractivity contribution in [2.75, 3.05) is 7.11 Å². The minimum absolute atomic E-state index is 0.362. The lowest BCUT2D eigenvalue weighted by Crippen LogP contribution is -2.47. The van der Waals surface area contributed by atoms with Crippen LogP contribution in [0.5, 0.6) is 11.5 Å². The summed E-state index contributed by atoms with van der Waals surface area (Å²) in [6.07, 6.45) is -0.724.